The first kappa shape index (κ1) is 24.7. The Hall–Kier alpha value is -1.57. The van der Waals surface area contributed by atoms with Gasteiger partial charge in [-0.25, -0.2) is 8.78 Å². The summed E-state index contributed by atoms with van der Waals surface area (Å²) in [5, 5.41) is 39.6. The Labute approximate surface area is 176 Å². The first-order valence-corrected chi connectivity index (χ1v) is 11.0. The third kappa shape index (κ3) is 8.28. The first-order valence-electron chi connectivity index (χ1n) is 11.0. The summed E-state index contributed by atoms with van der Waals surface area (Å²) in [7, 11) is 0. The van der Waals surface area contributed by atoms with Gasteiger partial charge in [0.25, 0.3) is 0 Å². The van der Waals surface area contributed by atoms with Crippen LogP contribution in [0.1, 0.15) is 69.8 Å². The predicted octanol–water partition coefficient (Wildman–Crippen LogP) is 3.82. The van der Waals surface area contributed by atoms with Crippen molar-refractivity contribution in [2.24, 2.45) is 11.8 Å². The molecule has 4 N–H and O–H groups in total. The summed E-state index contributed by atoms with van der Waals surface area (Å²) in [6.45, 7) is 0. The normalized spacial score (nSPS) is 24.8. The molecule has 0 heterocycles. The van der Waals surface area contributed by atoms with E-state index in [2.05, 4.69) is 0 Å². The fraction of sp³-hybridized carbons (Fsp3) is 0.696. The number of halogens is 2. The van der Waals surface area contributed by atoms with E-state index in [1.165, 1.54) is 12.1 Å². The second-order valence-electron chi connectivity index (χ2n) is 8.59. The van der Waals surface area contributed by atoms with Crippen molar-refractivity contribution in [2.45, 2.75) is 88.9 Å². The van der Waals surface area contributed by atoms with E-state index >= 15 is 0 Å². The standard InChI is InChI=1S/C23H34F2O5/c24-16-11-15(12-17(25)13-16)7-8-18(26)9-10-20-19(21(27)14-22(20)28)5-3-1-2-4-6-23(29)30/h11-13,18-22,26-28H,1-10,14H2,(H,29,30). The summed E-state index contributed by atoms with van der Waals surface area (Å²) in [4.78, 5) is 10.5. The molecule has 1 aliphatic carbocycles. The Kier molecular flexibility index (Phi) is 10.1. The van der Waals surface area contributed by atoms with Gasteiger partial charge in [0.2, 0.25) is 0 Å². The molecule has 0 aliphatic heterocycles. The van der Waals surface area contributed by atoms with Crippen LogP contribution in [0.4, 0.5) is 8.78 Å². The predicted molar refractivity (Wildman–Crippen MR) is 109 cm³/mol. The minimum atomic E-state index is -0.787. The Morgan fingerprint density at radius 3 is 2.17 bits per heavy atom. The number of rotatable bonds is 13. The van der Waals surface area contributed by atoms with Gasteiger partial charge in [-0.3, -0.25) is 4.79 Å². The van der Waals surface area contributed by atoms with E-state index in [-0.39, 0.29) is 18.3 Å². The van der Waals surface area contributed by atoms with E-state index in [0.717, 1.165) is 31.7 Å². The highest BCUT2D eigenvalue weighted by Crippen LogP contribution is 2.39. The molecule has 0 spiro atoms. The minimum Gasteiger partial charge on any atom is -0.481 e. The van der Waals surface area contributed by atoms with Gasteiger partial charge in [0.05, 0.1) is 18.3 Å². The number of aryl methyl sites for hydroxylation is 1. The Balaban J connectivity index is 1.73. The number of hydrogen-bond acceptors (Lipinski definition) is 4. The molecule has 0 aromatic heterocycles. The van der Waals surface area contributed by atoms with E-state index in [1.807, 2.05) is 0 Å². The molecule has 1 aromatic carbocycles. The molecule has 1 aliphatic rings. The van der Waals surface area contributed by atoms with E-state index in [0.29, 0.717) is 44.1 Å². The van der Waals surface area contributed by atoms with Gasteiger partial charge in [-0.2, -0.15) is 0 Å². The Bertz CT molecular complexity index is 649. The number of carbonyl (C=O) groups is 1. The zero-order valence-electron chi connectivity index (χ0n) is 17.4. The highest BCUT2D eigenvalue weighted by Gasteiger charge is 2.40. The van der Waals surface area contributed by atoms with Crippen LogP contribution in [0, 0.1) is 23.5 Å². The van der Waals surface area contributed by atoms with Crippen molar-refractivity contribution in [3.8, 4) is 0 Å². The average Bonchev–Trinajstić information content (AvgIpc) is 2.92. The van der Waals surface area contributed by atoms with Crippen LogP contribution < -0.4 is 0 Å². The van der Waals surface area contributed by atoms with Crippen molar-refractivity contribution in [2.75, 3.05) is 0 Å². The zero-order valence-corrected chi connectivity index (χ0v) is 17.4. The van der Waals surface area contributed by atoms with Crippen LogP contribution in [0.25, 0.3) is 0 Å². The number of hydrogen-bond donors (Lipinski definition) is 4. The lowest BCUT2D eigenvalue weighted by atomic mass is 9.84. The number of carboxylic acids is 1. The molecule has 170 valence electrons. The van der Waals surface area contributed by atoms with Gasteiger partial charge < -0.3 is 20.4 Å². The average molecular weight is 429 g/mol. The topological polar surface area (TPSA) is 98.0 Å². The lowest BCUT2D eigenvalue weighted by Crippen LogP contribution is -2.24. The van der Waals surface area contributed by atoms with E-state index in [1.54, 1.807) is 0 Å². The van der Waals surface area contributed by atoms with Gasteiger partial charge in [-0.05, 0) is 74.5 Å². The molecule has 5 atom stereocenters. The highest BCUT2D eigenvalue weighted by atomic mass is 19.1. The minimum absolute atomic E-state index is 0.0241. The number of benzene rings is 1. The van der Waals surface area contributed by atoms with Crippen molar-refractivity contribution >= 4 is 5.97 Å². The van der Waals surface area contributed by atoms with Crippen LogP contribution in [-0.4, -0.2) is 44.7 Å². The summed E-state index contributed by atoms with van der Waals surface area (Å²) in [5.41, 5.74) is 0.503. The lowest BCUT2D eigenvalue weighted by Gasteiger charge is -2.24. The maximum Gasteiger partial charge on any atom is 0.303 e. The molecule has 0 radical (unpaired) electrons. The van der Waals surface area contributed by atoms with Crippen molar-refractivity contribution < 1.29 is 34.0 Å². The molecule has 2 rings (SSSR count). The van der Waals surface area contributed by atoms with Crippen LogP contribution >= 0.6 is 0 Å². The molecular weight excluding hydrogens is 394 g/mol. The molecule has 7 heteroatoms. The SMILES string of the molecule is O=C(O)CCCCCCC1C(O)CC(O)C1CCC(O)CCc1cc(F)cc(F)c1. The van der Waals surface area contributed by atoms with Gasteiger partial charge in [0, 0.05) is 12.5 Å². The monoisotopic (exact) mass is 428 g/mol. The molecule has 0 amide bonds. The van der Waals surface area contributed by atoms with Gasteiger partial charge in [0.15, 0.2) is 0 Å². The summed E-state index contributed by atoms with van der Waals surface area (Å²) >= 11 is 0. The summed E-state index contributed by atoms with van der Waals surface area (Å²) < 4.78 is 26.5. The first-order chi connectivity index (χ1) is 14.3. The number of aliphatic hydroxyl groups excluding tert-OH is 3. The van der Waals surface area contributed by atoms with E-state index < -0.39 is 35.9 Å². The molecule has 0 bridgehead atoms. The molecule has 1 fully saturated rings. The third-order valence-corrected chi connectivity index (χ3v) is 6.22. The maximum absolute atomic E-state index is 13.3. The van der Waals surface area contributed by atoms with Crippen molar-refractivity contribution in [3.63, 3.8) is 0 Å². The van der Waals surface area contributed by atoms with Gasteiger partial charge in [-0.1, -0.05) is 19.3 Å². The van der Waals surface area contributed by atoms with Gasteiger partial charge in [0.1, 0.15) is 11.6 Å². The van der Waals surface area contributed by atoms with Crippen molar-refractivity contribution in [1.82, 2.24) is 0 Å². The van der Waals surface area contributed by atoms with Crippen molar-refractivity contribution in [1.29, 1.82) is 0 Å². The number of unbranched alkanes of at least 4 members (excludes halogenated alkanes) is 3. The molecule has 30 heavy (non-hydrogen) atoms. The van der Waals surface area contributed by atoms with E-state index in [9.17, 15) is 28.9 Å². The molecular formula is C23H34F2O5. The van der Waals surface area contributed by atoms with Crippen LogP contribution in [0.5, 0.6) is 0 Å². The van der Waals surface area contributed by atoms with Crippen LogP contribution in [0.3, 0.4) is 0 Å². The summed E-state index contributed by atoms with van der Waals surface area (Å²) in [5.74, 6) is -2.16. The molecule has 5 nitrogen and oxygen atoms in total. The smallest absolute Gasteiger partial charge is 0.303 e. The second kappa shape index (κ2) is 12.3. The Morgan fingerprint density at radius 2 is 1.53 bits per heavy atom. The van der Waals surface area contributed by atoms with Crippen LogP contribution in [0.15, 0.2) is 18.2 Å². The fourth-order valence-corrected chi connectivity index (χ4v) is 4.61. The highest BCUT2D eigenvalue weighted by molar-refractivity contribution is 5.66. The molecule has 1 saturated carbocycles. The largest absolute Gasteiger partial charge is 0.481 e. The quantitative estimate of drug-likeness (QED) is 0.358. The molecule has 0 saturated heterocycles. The van der Waals surface area contributed by atoms with Crippen LogP contribution in [-0.2, 0) is 11.2 Å². The second-order valence-corrected chi connectivity index (χ2v) is 8.59. The molecule has 1 aromatic rings. The number of aliphatic carboxylic acids is 1. The van der Waals surface area contributed by atoms with Gasteiger partial charge >= 0.3 is 5.97 Å². The number of carboxylic acid groups (broad SMARTS) is 1. The fourth-order valence-electron chi connectivity index (χ4n) is 4.61. The summed E-state index contributed by atoms with van der Waals surface area (Å²) in [6, 6.07) is 3.35. The van der Waals surface area contributed by atoms with E-state index in [4.69, 9.17) is 5.11 Å². The molecule has 5 unspecified atom stereocenters. The van der Waals surface area contributed by atoms with Crippen molar-refractivity contribution in [3.05, 3.63) is 35.4 Å². The summed E-state index contributed by atoms with van der Waals surface area (Å²) in [6.07, 6.45) is 4.53. The third-order valence-electron chi connectivity index (χ3n) is 6.22. The van der Waals surface area contributed by atoms with Crippen LogP contribution in [0.2, 0.25) is 0 Å². The zero-order chi connectivity index (χ0) is 22.1. The van der Waals surface area contributed by atoms with Gasteiger partial charge in [-0.15, -0.1) is 0 Å². The lowest BCUT2D eigenvalue weighted by molar-refractivity contribution is -0.137. The maximum atomic E-state index is 13.3. The number of aliphatic hydroxyl groups is 3. The Morgan fingerprint density at radius 1 is 0.933 bits per heavy atom.